The van der Waals surface area contributed by atoms with Crippen molar-refractivity contribution in [3.8, 4) is 17.2 Å². The van der Waals surface area contributed by atoms with E-state index in [0.717, 1.165) is 10.1 Å². The molecule has 180 valence electrons. The summed E-state index contributed by atoms with van der Waals surface area (Å²) in [5.41, 5.74) is 1.38. The molecule has 0 atom stereocenters. The Balaban J connectivity index is 1.47. The van der Waals surface area contributed by atoms with E-state index in [2.05, 4.69) is 5.32 Å². The highest BCUT2D eigenvalue weighted by atomic mass is 16.6. The number of nitrogens with zero attached hydrogens (tertiary/aromatic N) is 2. The van der Waals surface area contributed by atoms with E-state index in [9.17, 15) is 14.4 Å². The van der Waals surface area contributed by atoms with Gasteiger partial charge in [-0.15, -0.1) is 0 Å². The molecule has 1 amide bonds. The molecule has 0 spiro atoms. The second kappa shape index (κ2) is 8.46. The van der Waals surface area contributed by atoms with Gasteiger partial charge in [-0.05, 0) is 43.3 Å². The lowest BCUT2D eigenvalue weighted by atomic mass is 10.2. The SMILES string of the molecule is Cc1ccc(-n2c(=O)c3oc4ccccc4c3n(CC(=O)Nc3ccc4c(c3)OCCO4)c2=O)cc1. The number of furan rings is 1. The van der Waals surface area contributed by atoms with Crippen molar-refractivity contribution in [1.29, 1.82) is 0 Å². The van der Waals surface area contributed by atoms with Crippen LogP contribution in [-0.2, 0) is 11.3 Å². The molecule has 3 heterocycles. The average molecular weight is 483 g/mol. The lowest BCUT2D eigenvalue weighted by Gasteiger charge is -2.19. The molecule has 1 aliphatic rings. The number of amides is 1. The zero-order chi connectivity index (χ0) is 24.8. The summed E-state index contributed by atoms with van der Waals surface area (Å²) in [5.74, 6) is 0.689. The highest BCUT2D eigenvalue weighted by Crippen LogP contribution is 2.32. The maximum atomic E-state index is 13.7. The number of hydrogen-bond donors (Lipinski definition) is 1. The zero-order valence-electron chi connectivity index (χ0n) is 19.3. The Kier molecular flexibility index (Phi) is 5.10. The predicted octanol–water partition coefficient (Wildman–Crippen LogP) is 3.62. The van der Waals surface area contributed by atoms with Gasteiger partial charge >= 0.3 is 11.2 Å². The van der Waals surface area contributed by atoms with Crippen molar-refractivity contribution < 1.29 is 18.7 Å². The van der Waals surface area contributed by atoms with E-state index in [0.29, 0.717) is 47.1 Å². The number of fused-ring (bicyclic) bond motifs is 4. The fraction of sp³-hybridized carbons (Fsp3) is 0.148. The molecular weight excluding hydrogens is 462 g/mol. The molecule has 9 nitrogen and oxygen atoms in total. The third-order valence-corrected chi connectivity index (χ3v) is 6.08. The van der Waals surface area contributed by atoms with E-state index in [4.69, 9.17) is 13.9 Å². The molecule has 0 aliphatic carbocycles. The topological polar surface area (TPSA) is 105 Å². The zero-order valence-corrected chi connectivity index (χ0v) is 19.3. The van der Waals surface area contributed by atoms with Gasteiger partial charge in [0.05, 0.1) is 5.69 Å². The quantitative estimate of drug-likeness (QED) is 0.419. The first-order chi connectivity index (χ1) is 17.5. The van der Waals surface area contributed by atoms with E-state index in [1.165, 1.54) is 4.57 Å². The van der Waals surface area contributed by atoms with Gasteiger partial charge in [-0.1, -0.05) is 29.8 Å². The van der Waals surface area contributed by atoms with Crippen LogP contribution in [0.5, 0.6) is 11.5 Å². The monoisotopic (exact) mass is 483 g/mol. The maximum Gasteiger partial charge on any atom is 0.336 e. The number of carbonyl (C=O) groups excluding carboxylic acids is 1. The van der Waals surface area contributed by atoms with Crippen molar-refractivity contribution in [2.45, 2.75) is 13.5 Å². The smallest absolute Gasteiger partial charge is 0.336 e. The van der Waals surface area contributed by atoms with E-state index < -0.39 is 17.2 Å². The van der Waals surface area contributed by atoms with Gasteiger partial charge < -0.3 is 19.2 Å². The number of hydrogen-bond acceptors (Lipinski definition) is 6. The lowest BCUT2D eigenvalue weighted by molar-refractivity contribution is -0.116. The molecule has 0 unspecified atom stereocenters. The van der Waals surface area contributed by atoms with Crippen LogP contribution in [0.1, 0.15) is 5.56 Å². The second-order valence-corrected chi connectivity index (χ2v) is 8.53. The number of anilines is 1. The van der Waals surface area contributed by atoms with Gasteiger partial charge in [0.2, 0.25) is 11.5 Å². The Morgan fingerprint density at radius 1 is 0.944 bits per heavy atom. The van der Waals surface area contributed by atoms with Crippen molar-refractivity contribution in [1.82, 2.24) is 9.13 Å². The van der Waals surface area contributed by atoms with Gasteiger partial charge in [0.1, 0.15) is 30.9 Å². The van der Waals surface area contributed by atoms with Crippen molar-refractivity contribution in [3.63, 3.8) is 0 Å². The number of aryl methyl sites for hydroxylation is 1. The van der Waals surface area contributed by atoms with Gasteiger partial charge in [0.25, 0.3) is 0 Å². The molecule has 0 radical (unpaired) electrons. The van der Waals surface area contributed by atoms with Crippen LogP contribution in [0.2, 0.25) is 0 Å². The fourth-order valence-electron chi connectivity index (χ4n) is 4.38. The number of rotatable bonds is 4. The van der Waals surface area contributed by atoms with E-state index >= 15 is 0 Å². The second-order valence-electron chi connectivity index (χ2n) is 8.53. The Morgan fingerprint density at radius 3 is 2.50 bits per heavy atom. The predicted molar refractivity (Wildman–Crippen MR) is 134 cm³/mol. The first kappa shape index (κ1) is 21.7. The molecule has 0 saturated heterocycles. The molecule has 3 aromatic carbocycles. The summed E-state index contributed by atoms with van der Waals surface area (Å²) in [5, 5.41) is 3.38. The number of para-hydroxylation sites is 1. The molecule has 0 saturated carbocycles. The van der Waals surface area contributed by atoms with Crippen molar-refractivity contribution in [2.75, 3.05) is 18.5 Å². The maximum absolute atomic E-state index is 13.7. The van der Waals surface area contributed by atoms with Crippen molar-refractivity contribution in [3.05, 3.63) is 93.1 Å². The van der Waals surface area contributed by atoms with Crippen LogP contribution in [0.25, 0.3) is 27.8 Å². The van der Waals surface area contributed by atoms with E-state index in [1.54, 1.807) is 54.6 Å². The van der Waals surface area contributed by atoms with Gasteiger partial charge in [-0.25, -0.2) is 9.36 Å². The van der Waals surface area contributed by atoms with Crippen LogP contribution in [-0.4, -0.2) is 28.3 Å². The van der Waals surface area contributed by atoms with Crippen LogP contribution in [0, 0.1) is 6.92 Å². The highest BCUT2D eigenvalue weighted by molar-refractivity contribution is 6.03. The van der Waals surface area contributed by atoms with Crippen LogP contribution in [0.3, 0.4) is 0 Å². The molecule has 2 aromatic heterocycles. The van der Waals surface area contributed by atoms with Gasteiger partial charge in [0, 0.05) is 17.1 Å². The number of benzene rings is 3. The van der Waals surface area contributed by atoms with Crippen LogP contribution >= 0.6 is 0 Å². The molecule has 0 fully saturated rings. The number of ether oxygens (including phenoxy) is 2. The van der Waals surface area contributed by atoms with Gasteiger partial charge in [-0.2, -0.15) is 0 Å². The van der Waals surface area contributed by atoms with Crippen molar-refractivity contribution >= 4 is 33.7 Å². The molecular formula is C27H21N3O6. The van der Waals surface area contributed by atoms with Gasteiger partial charge in [-0.3, -0.25) is 14.2 Å². The van der Waals surface area contributed by atoms with E-state index in [1.807, 2.05) is 19.1 Å². The summed E-state index contributed by atoms with van der Waals surface area (Å²) in [7, 11) is 0. The molecule has 1 N–H and O–H groups in total. The Morgan fingerprint density at radius 2 is 1.69 bits per heavy atom. The third kappa shape index (κ3) is 3.61. The summed E-state index contributed by atoms with van der Waals surface area (Å²) in [6, 6.07) is 19.1. The summed E-state index contributed by atoms with van der Waals surface area (Å²) < 4.78 is 19.3. The average Bonchev–Trinajstić information content (AvgIpc) is 3.28. The molecule has 9 heteroatoms. The molecule has 6 rings (SSSR count). The highest BCUT2D eigenvalue weighted by Gasteiger charge is 2.22. The lowest BCUT2D eigenvalue weighted by Crippen LogP contribution is -2.40. The van der Waals surface area contributed by atoms with E-state index in [-0.39, 0.29) is 17.6 Å². The summed E-state index contributed by atoms with van der Waals surface area (Å²) in [6.45, 7) is 2.47. The van der Waals surface area contributed by atoms with Gasteiger partial charge in [0.15, 0.2) is 11.5 Å². The summed E-state index contributed by atoms with van der Waals surface area (Å²) in [4.78, 5) is 40.2. The first-order valence-corrected chi connectivity index (χ1v) is 11.4. The standard InChI is InChI=1S/C27H21N3O6/c1-16-6-9-18(10-7-16)30-26(32)25-24(19-4-2-3-5-20(19)36-25)29(27(30)33)15-23(31)28-17-8-11-21-22(14-17)35-13-12-34-21/h2-11,14H,12-13,15H2,1H3,(H,28,31). The Hall–Kier alpha value is -4.79. The van der Waals surface area contributed by atoms with Crippen LogP contribution < -0.4 is 26.0 Å². The first-order valence-electron chi connectivity index (χ1n) is 11.4. The summed E-state index contributed by atoms with van der Waals surface area (Å²) in [6.07, 6.45) is 0. The number of carbonyl (C=O) groups is 1. The number of nitrogens with one attached hydrogen (secondary N) is 1. The minimum Gasteiger partial charge on any atom is -0.486 e. The molecule has 5 aromatic rings. The normalized spacial score (nSPS) is 12.7. The largest absolute Gasteiger partial charge is 0.486 e. The van der Waals surface area contributed by atoms with Crippen LogP contribution in [0.4, 0.5) is 5.69 Å². The Bertz CT molecular complexity index is 1760. The fourth-order valence-corrected chi connectivity index (χ4v) is 4.38. The van der Waals surface area contributed by atoms with Crippen LogP contribution in [0.15, 0.2) is 80.7 Å². The minimum atomic E-state index is -0.639. The number of aromatic nitrogens is 2. The molecule has 36 heavy (non-hydrogen) atoms. The molecule has 0 bridgehead atoms. The molecule has 1 aliphatic heterocycles. The summed E-state index contributed by atoms with van der Waals surface area (Å²) >= 11 is 0. The Labute approximate surface area is 204 Å². The van der Waals surface area contributed by atoms with Crippen molar-refractivity contribution in [2.24, 2.45) is 0 Å². The minimum absolute atomic E-state index is 0.00324. The third-order valence-electron chi connectivity index (χ3n) is 6.08.